The monoisotopic (exact) mass is 171 g/mol. The van der Waals surface area contributed by atoms with Crippen LogP contribution in [-0.4, -0.2) is 17.0 Å². The van der Waals surface area contributed by atoms with E-state index in [4.69, 9.17) is 10.8 Å². The third-order valence-corrected chi connectivity index (χ3v) is 1.47. The van der Waals surface area contributed by atoms with E-state index < -0.39 is 11.9 Å². The first-order valence-electron chi connectivity index (χ1n) is 3.73. The zero-order valence-electron chi connectivity index (χ0n) is 6.88. The van der Waals surface area contributed by atoms with Gasteiger partial charge in [-0.05, 0) is 19.3 Å². The Hall–Kier alpha value is -1.32. The van der Waals surface area contributed by atoms with Crippen molar-refractivity contribution in [2.24, 2.45) is 5.73 Å². The molecule has 0 aliphatic carbocycles. The molecular formula is C8H13NO3. The number of primary amides is 1. The maximum Gasteiger partial charge on any atom is 0.303 e. The number of carbonyl (C=O) groups is 2. The van der Waals surface area contributed by atoms with Gasteiger partial charge < -0.3 is 10.8 Å². The predicted octanol–water partition coefficient (Wildman–Crippen LogP) is 0.673. The van der Waals surface area contributed by atoms with Crippen molar-refractivity contribution in [2.45, 2.75) is 25.7 Å². The van der Waals surface area contributed by atoms with Gasteiger partial charge in [0.2, 0.25) is 5.91 Å². The third-order valence-electron chi connectivity index (χ3n) is 1.47. The minimum Gasteiger partial charge on any atom is -0.481 e. The van der Waals surface area contributed by atoms with Crippen LogP contribution < -0.4 is 5.73 Å². The highest BCUT2D eigenvalue weighted by Gasteiger charge is 2.01. The lowest BCUT2D eigenvalue weighted by atomic mass is 10.1. The summed E-state index contributed by atoms with van der Waals surface area (Å²) < 4.78 is 0. The van der Waals surface area contributed by atoms with Crippen LogP contribution in [0.3, 0.4) is 0 Å². The molecule has 0 aliphatic heterocycles. The number of carbonyl (C=O) groups excluding carboxylic acids is 1. The second-order valence-corrected chi connectivity index (χ2v) is 2.57. The van der Waals surface area contributed by atoms with Crippen LogP contribution in [0.4, 0.5) is 0 Å². The van der Waals surface area contributed by atoms with E-state index in [9.17, 15) is 9.59 Å². The summed E-state index contributed by atoms with van der Waals surface area (Å²) >= 11 is 0. The number of nitrogens with two attached hydrogens (primary N) is 1. The highest BCUT2D eigenvalue weighted by molar-refractivity contribution is 5.91. The van der Waals surface area contributed by atoms with Crippen LogP contribution in [0.2, 0.25) is 0 Å². The molecular weight excluding hydrogens is 158 g/mol. The lowest BCUT2D eigenvalue weighted by Gasteiger charge is -1.98. The Balaban J connectivity index is 3.38. The molecule has 3 N–H and O–H groups in total. The second kappa shape index (κ2) is 5.35. The largest absolute Gasteiger partial charge is 0.481 e. The molecule has 0 aromatic carbocycles. The number of hydrogen-bond acceptors (Lipinski definition) is 2. The number of carboxylic acids is 1. The molecule has 0 saturated heterocycles. The molecule has 0 bridgehead atoms. The van der Waals surface area contributed by atoms with E-state index >= 15 is 0 Å². The molecule has 0 rings (SSSR count). The summed E-state index contributed by atoms with van der Waals surface area (Å²) in [5.41, 5.74) is 5.28. The summed E-state index contributed by atoms with van der Waals surface area (Å²) in [5.74, 6) is -1.33. The Labute approximate surface area is 71.1 Å². The molecule has 4 heteroatoms. The summed E-state index contributed by atoms with van der Waals surface area (Å²) in [7, 11) is 0. The maximum atomic E-state index is 10.4. The number of unbranched alkanes of at least 4 members (excludes halogenated alkanes) is 1. The Bertz CT molecular complexity index is 198. The molecule has 1 amide bonds. The molecule has 0 aromatic rings. The fourth-order valence-electron chi connectivity index (χ4n) is 0.738. The second-order valence-electron chi connectivity index (χ2n) is 2.57. The number of aliphatic carboxylic acids is 1. The summed E-state index contributed by atoms with van der Waals surface area (Å²) in [6.45, 7) is 3.45. The van der Waals surface area contributed by atoms with E-state index in [1.165, 1.54) is 0 Å². The Kier molecular flexibility index (Phi) is 4.76. The van der Waals surface area contributed by atoms with Gasteiger partial charge in [-0.2, -0.15) is 0 Å². The fraction of sp³-hybridized carbons (Fsp3) is 0.500. The molecule has 0 unspecified atom stereocenters. The Morgan fingerprint density at radius 2 is 1.75 bits per heavy atom. The SMILES string of the molecule is C=C(CCCCC(=O)O)C(N)=O. The minimum absolute atomic E-state index is 0.131. The van der Waals surface area contributed by atoms with Crippen molar-refractivity contribution in [1.82, 2.24) is 0 Å². The first kappa shape index (κ1) is 10.7. The fourth-order valence-corrected chi connectivity index (χ4v) is 0.738. The predicted molar refractivity (Wildman–Crippen MR) is 44.4 cm³/mol. The van der Waals surface area contributed by atoms with Gasteiger partial charge in [-0.15, -0.1) is 0 Å². The highest BCUT2D eigenvalue weighted by Crippen LogP contribution is 2.06. The van der Waals surface area contributed by atoms with Gasteiger partial charge in [0.15, 0.2) is 0 Å². The lowest BCUT2D eigenvalue weighted by Crippen LogP contribution is -2.12. The smallest absolute Gasteiger partial charge is 0.303 e. The van der Waals surface area contributed by atoms with Crippen molar-refractivity contribution in [3.8, 4) is 0 Å². The molecule has 0 radical (unpaired) electrons. The third kappa shape index (κ3) is 5.46. The van der Waals surface area contributed by atoms with Crippen LogP contribution in [0, 0.1) is 0 Å². The lowest BCUT2D eigenvalue weighted by molar-refractivity contribution is -0.137. The number of amides is 1. The van der Waals surface area contributed by atoms with Crippen molar-refractivity contribution < 1.29 is 14.7 Å². The quantitative estimate of drug-likeness (QED) is 0.455. The van der Waals surface area contributed by atoms with Crippen LogP contribution in [0.5, 0.6) is 0 Å². The standard InChI is InChI=1S/C8H13NO3/c1-6(8(9)12)4-2-3-5-7(10)11/h1-5H2,(H2,9,12)(H,10,11). The Morgan fingerprint density at radius 3 is 2.17 bits per heavy atom. The molecule has 0 heterocycles. The summed E-state index contributed by atoms with van der Waals surface area (Å²) in [4.78, 5) is 20.5. The van der Waals surface area contributed by atoms with Crippen LogP contribution >= 0.6 is 0 Å². The van der Waals surface area contributed by atoms with Gasteiger partial charge in [-0.3, -0.25) is 9.59 Å². The number of hydrogen-bond donors (Lipinski definition) is 2. The maximum absolute atomic E-state index is 10.4. The van der Waals surface area contributed by atoms with Gasteiger partial charge in [-0.25, -0.2) is 0 Å². The topological polar surface area (TPSA) is 80.4 Å². The van der Waals surface area contributed by atoms with Crippen LogP contribution in [-0.2, 0) is 9.59 Å². The van der Waals surface area contributed by atoms with E-state index in [2.05, 4.69) is 6.58 Å². The summed E-state index contributed by atoms with van der Waals surface area (Å²) in [6.07, 6.45) is 1.82. The van der Waals surface area contributed by atoms with E-state index in [1.54, 1.807) is 0 Å². The van der Waals surface area contributed by atoms with Crippen LogP contribution in [0.15, 0.2) is 12.2 Å². The van der Waals surface area contributed by atoms with Gasteiger partial charge in [0.25, 0.3) is 0 Å². The highest BCUT2D eigenvalue weighted by atomic mass is 16.4. The molecule has 12 heavy (non-hydrogen) atoms. The zero-order chi connectivity index (χ0) is 9.56. The molecule has 0 atom stereocenters. The zero-order valence-corrected chi connectivity index (χ0v) is 6.88. The van der Waals surface area contributed by atoms with Gasteiger partial charge in [-0.1, -0.05) is 6.58 Å². The van der Waals surface area contributed by atoms with Gasteiger partial charge in [0.05, 0.1) is 0 Å². The molecule has 4 nitrogen and oxygen atoms in total. The van der Waals surface area contributed by atoms with Crippen molar-refractivity contribution >= 4 is 11.9 Å². The molecule has 0 fully saturated rings. The van der Waals surface area contributed by atoms with Gasteiger partial charge >= 0.3 is 5.97 Å². The van der Waals surface area contributed by atoms with Gasteiger partial charge in [0.1, 0.15) is 0 Å². The van der Waals surface area contributed by atoms with Crippen LogP contribution in [0.25, 0.3) is 0 Å². The minimum atomic E-state index is -0.820. The first-order valence-corrected chi connectivity index (χ1v) is 3.73. The molecule has 0 saturated carbocycles. The van der Waals surface area contributed by atoms with Crippen molar-refractivity contribution in [3.63, 3.8) is 0 Å². The number of rotatable bonds is 6. The Morgan fingerprint density at radius 1 is 1.25 bits per heavy atom. The van der Waals surface area contributed by atoms with Crippen molar-refractivity contribution in [3.05, 3.63) is 12.2 Å². The van der Waals surface area contributed by atoms with Crippen LogP contribution in [0.1, 0.15) is 25.7 Å². The van der Waals surface area contributed by atoms with E-state index in [-0.39, 0.29) is 6.42 Å². The normalized spacial score (nSPS) is 9.33. The summed E-state index contributed by atoms with van der Waals surface area (Å²) in [6, 6.07) is 0. The summed E-state index contributed by atoms with van der Waals surface area (Å²) in [5, 5.41) is 8.27. The van der Waals surface area contributed by atoms with E-state index in [1.807, 2.05) is 0 Å². The van der Waals surface area contributed by atoms with E-state index in [0.717, 1.165) is 0 Å². The molecule has 68 valence electrons. The van der Waals surface area contributed by atoms with E-state index in [0.29, 0.717) is 24.8 Å². The number of carboxylic acid groups (broad SMARTS) is 1. The molecule has 0 spiro atoms. The van der Waals surface area contributed by atoms with Crippen molar-refractivity contribution in [2.75, 3.05) is 0 Å². The molecule has 0 aliphatic rings. The van der Waals surface area contributed by atoms with Crippen molar-refractivity contribution in [1.29, 1.82) is 0 Å². The van der Waals surface area contributed by atoms with Gasteiger partial charge in [0, 0.05) is 12.0 Å². The molecule has 0 aromatic heterocycles. The average molecular weight is 171 g/mol. The average Bonchev–Trinajstić information content (AvgIpc) is 1.97. The first-order chi connectivity index (χ1) is 5.54.